The number of ether oxygens (including phenoxy) is 1. The molecule has 1 saturated heterocycles. The average molecular weight is 911 g/mol. The molecule has 2 aromatic rings. The van der Waals surface area contributed by atoms with E-state index in [0.29, 0.717) is 0 Å². The van der Waals surface area contributed by atoms with Gasteiger partial charge in [0.1, 0.15) is 41.9 Å². The molecular formula is C27H43N7O20P3S-. The van der Waals surface area contributed by atoms with E-state index in [9.17, 15) is 72.9 Å². The number of carbonyl (C=O) groups is 4. The molecule has 3 rings (SSSR count). The fourth-order valence-corrected chi connectivity index (χ4v) is 8.32. The van der Waals surface area contributed by atoms with Gasteiger partial charge in [0.15, 0.2) is 22.8 Å². The number of nitrogens with two attached hydrogens (primary N) is 1. The van der Waals surface area contributed by atoms with Crippen LogP contribution in [0.1, 0.15) is 46.3 Å². The summed E-state index contributed by atoms with van der Waals surface area (Å²) in [7, 11) is -16.5. The van der Waals surface area contributed by atoms with E-state index < -0.39 is 101 Å². The fraction of sp³-hybridized carbons (Fsp3) is 0.667. The molecule has 1 aliphatic rings. The summed E-state index contributed by atoms with van der Waals surface area (Å²) in [6.07, 6.45) is -7.79. The number of hydrogen-bond acceptors (Lipinski definition) is 21. The number of nitrogens with zero attached hydrogens (tertiary/aromatic N) is 4. The summed E-state index contributed by atoms with van der Waals surface area (Å²) in [6, 6.07) is 0. The Morgan fingerprint density at radius 3 is 2.33 bits per heavy atom. The number of nitrogens with one attached hydrogen (secondary N) is 2. The van der Waals surface area contributed by atoms with Gasteiger partial charge in [-0.3, -0.25) is 32.5 Å². The van der Waals surface area contributed by atoms with E-state index in [1.807, 2.05) is 0 Å². The van der Waals surface area contributed by atoms with Crippen LogP contribution < -0.4 is 21.5 Å². The van der Waals surface area contributed by atoms with Crippen molar-refractivity contribution in [2.75, 3.05) is 37.8 Å². The molecule has 0 spiro atoms. The molecule has 1 aliphatic heterocycles. The number of nitrogen functional groups attached to an aromatic ring is 1. The molecule has 0 bridgehead atoms. The van der Waals surface area contributed by atoms with Gasteiger partial charge in [-0.2, -0.15) is 4.31 Å². The van der Waals surface area contributed by atoms with E-state index in [1.165, 1.54) is 13.8 Å². The van der Waals surface area contributed by atoms with Crippen LogP contribution in [0.25, 0.3) is 11.2 Å². The number of carboxylic acid groups (broad SMARTS) is 1. The predicted octanol–water partition coefficient (Wildman–Crippen LogP) is -3.05. The zero-order chi connectivity index (χ0) is 43.9. The molecule has 0 aromatic carbocycles. The first-order chi connectivity index (χ1) is 26.6. The van der Waals surface area contributed by atoms with Crippen molar-refractivity contribution >= 4 is 75.1 Å². The van der Waals surface area contributed by atoms with Crippen LogP contribution in [0.5, 0.6) is 0 Å². The topological polar surface area (TPSA) is 424 Å². The molecule has 11 N–H and O–H groups in total. The largest absolute Gasteiger partial charge is 0.547 e. The van der Waals surface area contributed by atoms with Gasteiger partial charge < -0.3 is 65.9 Å². The maximum Gasteiger partial charge on any atom is 0.481 e. The minimum atomic E-state index is -5.60. The van der Waals surface area contributed by atoms with Gasteiger partial charge in [0.05, 0.1) is 25.5 Å². The zero-order valence-electron chi connectivity index (χ0n) is 30.8. The van der Waals surface area contributed by atoms with Gasteiger partial charge in [-0.1, -0.05) is 25.6 Å². The Hall–Kier alpha value is -3.01. The summed E-state index contributed by atoms with van der Waals surface area (Å²) in [4.78, 5) is 98.1. The Morgan fingerprint density at radius 1 is 1.03 bits per heavy atom. The first-order valence-electron chi connectivity index (χ1n) is 16.6. The number of phosphoric ester groups is 3. The SMILES string of the molecule is CC(O)(CCC(=O)SCCNC(=O)CCNC(=O)C(O)C(C)(C)COP(=O)(O)OP(=O)(O)OCC1OC(n2cnc3c(N)ncnc32)C(O)C1OP(=O)(O)O)C(=O)[O-]. The predicted molar refractivity (Wildman–Crippen MR) is 192 cm³/mol. The van der Waals surface area contributed by atoms with Crippen molar-refractivity contribution in [3.8, 4) is 0 Å². The molecule has 31 heteroatoms. The molecule has 0 radical (unpaired) electrons. The standard InChI is InChI=1S/C27H44N7O20P3S/c1-26(2,20(38)23(39)30-7-5-15(35)29-8-9-58-16(36)4-6-27(3,42)25(40)41)11-51-57(48,49)54-56(46,47)50-10-14-19(53-55(43,44)45)18(37)24(52-14)34-13-33-17-21(28)31-12-32-22(17)34/h12-14,18-20,24,37-38,42H,4-11H2,1-3H3,(H,29,35)(H,30,39)(H,40,41)(H,46,47)(H,48,49)(H2,28,31,32)(H2,43,44,45)/p-1. The van der Waals surface area contributed by atoms with Crippen LogP contribution in [0.3, 0.4) is 0 Å². The van der Waals surface area contributed by atoms with E-state index in [1.54, 1.807) is 0 Å². The highest BCUT2D eigenvalue weighted by atomic mass is 32.2. The van der Waals surface area contributed by atoms with Crippen LogP contribution in [-0.2, 0) is 55.5 Å². The number of aliphatic carboxylic acids is 1. The summed E-state index contributed by atoms with van der Waals surface area (Å²) in [6.45, 7) is 1.09. The normalized spacial score (nSPS) is 22.4. The van der Waals surface area contributed by atoms with Crippen LogP contribution in [0.4, 0.5) is 5.82 Å². The Kier molecular flexibility index (Phi) is 17.0. The maximum atomic E-state index is 12.7. The molecule has 328 valence electrons. The van der Waals surface area contributed by atoms with Crippen LogP contribution in [0.2, 0.25) is 0 Å². The summed E-state index contributed by atoms with van der Waals surface area (Å²) in [5.41, 5.74) is 2.01. The number of carbonyl (C=O) groups excluding carboxylic acids is 4. The molecule has 0 saturated carbocycles. The number of carboxylic acids is 1. The number of anilines is 1. The second kappa shape index (κ2) is 20.0. The zero-order valence-corrected chi connectivity index (χ0v) is 34.3. The van der Waals surface area contributed by atoms with E-state index in [4.69, 9.17) is 19.5 Å². The Bertz CT molecular complexity index is 1950. The number of amides is 2. The molecule has 8 atom stereocenters. The van der Waals surface area contributed by atoms with Gasteiger partial charge in [0, 0.05) is 37.1 Å². The lowest BCUT2D eigenvalue weighted by atomic mass is 9.87. The Morgan fingerprint density at radius 2 is 1.69 bits per heavy atom. The monoisotopic (exact) mass is 910 g/mol. The fourth-order valence-electron chi connectivity index (χ4n) is 4.81. The molecule has 1 fully saturated rings. The lowest BCUT2D eigenvalue weighted by Gasteiger charge is -2.30. The van der Waals surface area contributed by atoms with Gasteiger partial charge in [-0.15, -0.1) is 0 Å². The highest BCUT2D eigenvalue weighted by Crippen LogP contribution is 2.61. The third-order valence-electron chi connectivity index (χ3n) is 8.02. The number of aliphatic hydroxyl groups excluding tert-OH is 2. The highest BCUT2D eigenvalue weighted by molar-refractivity contribution is 8.13. The smallest absolute Gasteiger partial charge is 0.481 e. The first kappa shape index (κ1) is 49.4. The van der Waals surface area contributed by atoms with Crippen LogP contribution in [-0.4, -0.2) is 139 Å². The van der Waals surface area contributed by atoms with Gasteiger partial charge in [0.25, 0.3) is 0 Å². The number of aromatic nitrogens is 4. The molecule has 2 aromatic heterocycles. The average Bonchev–Trinajstić information content (AvgIpc) is 3.67. The molecule has 0 aliphatic carbocycles. The summed E-state index contributed by atoms with van der Waals surface area (Å²) in [5.74, 6) is -3.24. The molecule has 58 heavy (non-hydrogen) atoms. The quantitative estimate of drug-likeness (QED) is 0.0391. The van der Waals surface area contributed by atoms with Gasteiger partial charge in [-0.25, -0.2) is 28.6 Å². The van der Waals surface area contributed by atoms with Gasteiger partial charge in [-0.05, 0) is 13.3 Å². The Labute approximate surface area is 332 Å². The van der Waals surface area contributed by atoms with Gasteiger partial charge >= 0.3 is 23.5 Å². The maximum absolute atomic E-state index is 12.7. The van der Waals surface area contributed by atoms with Crippen LogP contribution >= 0.6 is 35.2 Å². The van der Waals surface area contributed by atoms with Crippen molar-refractivity contribution in [1.82, 2.24) is 30.2 Å². The second-order valence-corrected chi connectivity index (χ2v) is 18.7. The third-order valence-corrected chi connectivity index (χ3v) is 12.1. The Balaban J connectivity index is 1.46. The molecule has 3 heterocycles. The lowest BCUT2D eigenvalue weighted by molar-refractivity contribution is -0.323. The van der Waals surface area contributed by atoms with Crippen molar-refractivity contribution in [3.63, 3.8) is 0 Å². The minimum Gasteiger partial charge on any atom is -0.547 e. The van der Waals surface area contributed by atoms with Gasteiger partial charge in [0.2, 0.25) is 11.8 Å². The third kappa shape index (κ3) is 14.6. The number of rotatable bonds is 23. The number of thioether (sulfide) groups is 1. The number of phosphoric acid groups is 3. The molecule has 27 nitrogen and oxygen atoms in total. The van der Waals surface area contributed by atoms with Crippen molar-refractivity contribution in [2.24, 2.45) is 5.41 Å². The van der Waals surface area contributed by atoms with E-state index >= 15 is 0 Å². The number of hydrogen-bond donors (Lipinski definition) is 10. The summed E-state index contributed by atoms with van der Waals surface area (Å²) in [5, 5.41) is 46.1. The van der Waals surface area contributed by atoms with Crippen molar-refractivity contribution in [3.05, 3.63) is 12.7 Å². The van der Waals surface area contributed by atoms with Crippen molar-refractivity contribution in [1.29, 1.82) is 0 Å². The minimum absolute atomic E-state index is 0.0140. The number of imidazole rings is 1. The molecule has 2 amide bonds. The van der Waals surface area contributed by atoms with Crippen molar-refractivity contribution in [2.45, 2.75) is 76.3 Å². The summed E-state index contributed by atoms with van der Waals surface area (Å²) < 4.78 is 62.0. The van der Waals surface area contributed by atoms with E-state index in [0.717, 1.165) is 35.9 Å². The highest BCUT2D eigenvalue weighted by Gasteiger charge is 2.50. The first-order valence-corrected chi connectivity index (χ1v) is 22.1. The lowest BCUT2D eigenvalue weighted by Crippen LogP contribution is -2.46. The van der Waals surface area contributed by atoms with Crippen LogP contribution in [0, 0.1) is 5.41 Å². The van der Waals surface area contributed by atoms with E-state index in [2.05, 4.69) is 34.4 Å². The van der Waals surface area contributed by atoms with E-state index in [-0.39, 0.29) is 55.1 Å². The summed E-state index contributed by atoms with van der Waals surface area (Å²) >= 11 is 0.798. The molecule has 8 unspecified atom stereocenters. The number of fused-ring (bicyclic) bond motifs is 1. The second-order valence-electron chi connectivity index (χ2n) is 13.4. The van der Waals surface area contributed by atoms with Crippen molar-refractivity contribution < 1.29 is 95.5 Å². The van der Waals surface area contributed by atoms with Crippen LogP contribution in [0.15, 0.2) is 12.7 Å². The number of aliphatic hydroxyl groups is 3. The molecular weight excluding hydrogens is 867 g/mol.